The van der Waals surface area contributed by atoms with Crippen LogP contribution in [-0.4, -0.2) is 6.54 Å². The largest absolute Gasteiger partial charge is 0.310 e. The third-order valence-electron chi connectivity index (χ3n) is 3.48. The number of nitrogens with one attached hydrogen (secondary N) is 1. The molecule has 0 spiro atoms. The second kappa shape index (κ2) is 6.35. The molecule has 0 amide bonds. The van der Waals surface area contributed by atoms with Crippen molar-refractivity contribution in [3.63, 3.8) is 0 Å². The monoisotopic (exact) mass is 267 g/mol. The minimum atomic E-state index is -0.346. The van der Waals surface area contributed by atoms with Crippen LogP contribution in [0.3, 0.4) is 0 Å². The predicted molar refractivity (Wildman–Crippen MR) is 74.4 cm³/mol. The maximum absolute atomic E-state index is 13.3. The molecule has 0 aliphatic heterocycles. The fraction of sp³-hybridized carbons (Fsp3) is 0.467. The Morgan fingerprint density at radius 1 is 1.44 bits per heavy atom. The van der Waals surface area contributed by atoms with Gasteiger partial charge >= 0.3 is 0 Å². The van der Waals surface area contributed by atoms with Crippen molar-refractivity contribution in [1.82, 2.24) is 5.32 Å². The highest BCUT2D eigenvalue weighted by atomic mass is 35.5. The van der Waals surface area contributed by atoms with Gasteiger partial charge in [-0.05, 0) is 56.8 Å². The lowest BCUT2D eigenvalue weighted by molar-refractivity contribution is 0.564. The van der Waals surface area contributed by atoms with Gasteiger partial charge in [0.15, 0.2) is 0 Å². The highest BCUT2D eigenvalue weighted by Gasteiger charge is 2.09. The molecule has 1 aromatic rings. The van der Waals surface area contributed by atoms with Crippen LogP contribution in [0, 0.1) is 5.82 Å². The standard InChI is InChI=1S/C15H19ClFN/c1-11(13-6-7-14(16)15(17)10-13)18-9-8-12-4-2-3-5-12/h4,6-7,10-11,18H,2-3,5,8-9H2,1H3. The van der Waals surface area contributed by atoms with Crippen molar-refractivity contribution in [1.29, 1.82) is 0 Å². The van der Waals surface area contributed by atoms with Crippen LogP contribution < -0.4 is 5.32 Å². The number of benzene rings is 1. The molecule has 0 fully saturated rings. The van der Waals surface area contributed by atoms with Crippen LogP contribution in [-0.2, 0) is 0 Å². The van der Waals surface area contributed by atoms with E-state index in [0.29, 0.717) is 0 Å². The Balaban J connectivity index is 1.83. The van der Waals surface area contributed by atoms with Crippen LogP contribution in [0.2, 0.25) is 5.02 Å². The summed E-state index contributed by atoms with van der Waals surface area (Å²) in [7, 11) is 0. The summed E-state index contributed by atoms with van der Waals surface area (Å²) in [6.45, 7) is 2.99. The van der Waals surface area contributed by atoms with Gasteiger partial charge in [-0.25, -0.2) is 4.39 Å². The Hall–Kier alpha value is -0.860. The van der Waals surface area contributed by atoms with Crippen molar-refractivity contribution < 1.29 is 4.39 Å². The van der Waals surface area contributed by atoms with Gasteiger partial charge in [-0.2, -0.15) is 0 Å². The summed E-state index contributed by atoms with van der Waals surface area (Å²) >= 11 is 5.67. The van der Waals surface area contributed by atoms with E-state index in [4.69, 9.17) is 11.6 Å². The average Bonchev–Trinajstić information content (AvgIpc) is 2.85. The Bertz CT molecular complexity index is 442. The van der Waals surface area contributed by atoms with Crippen LogP contribution in [0.25, 0.3) is 0 Å². The molecule has 1 unspecified atom stereocenters. The molecule has 0 saturated carbocycles. The summed E-state index contributed by atoms with van der Waals surface area (Å²) in [6, 6.07) is 5.15. The van der Waals surface area contributed by atoms with Crippen LogP contribution in [0.15, 0.2) is 29.8 Å². The molecule has 18 heavy (non-hydrogen) atoms. The van der Waals surface area contributed by atoms with Crippen LogP contribution in [0.4, 0.5) is 4.39 Å². The molecule has 1 aliphatic rings. The predicted octanol–water partition coefficient (Wildman–Crippen LogP) is 4.63. The summed E-state index contributed by atoms with van der Waals surface area (Å²) in [6.07, 6.45) is 7.21. The molecule has 0 radical (unpaired) electrons. The van der Waals surface area contributed by atoms with E-state index in [0.717, 1.165) is 18.5 Å². The molecule has 1 aromatic carbocycles. The second-order valence-corrected chi connectivity index (χ2v) is 5.26. The molecule has 1 aliphatic carbocycles. The van der Waals surface area contributed by atoms with Gasteiger partial charge < -0.3 is 5.32 Å². The van der Waals surface area contributed by atoms with Crippen molar-refractivity contribution in [2.24, 2.45) is 0 Å². The quantitative estimate of drug-likeness (QED) is 0.767. The van der Waals surface area contributed by atoms with E-state index >= 15 is 0 Å². The van der Waals surface area contributed by atoms with Gasteiger partial charge in [0.1, 0.15) is 5.82 Å². The lowest BCUT2D eigenvalue weighted by atomic mass is 10.1. The number of allylic oxidation sites excluding steroid dienone is 1. The molecular formula is C15H19ClFN. The topological polar surface area (TPSA) is 12.0 Å². The molecule has 0 bridgehead atoms. The number of halogens is 2. The van der Waals surface area contributed by atoms with Crippen molar-refractivity contribution in [2.45, 2.75) is 38.6 Å². The third-order valence-corrected chi connectivity index (χ3v) is 3.78. The van der Waals surface area contributed by atoms with E-state index in [9.17, 15) is 4.39 Å². The highest BCUT2D eigenvalue weighted by Crippen LogP contribution is 2.22. The van der Waals surface area contributed by atoms with E-state index in [1.54, 1.807) is 11.6 Å². The van der Waals surface area contributed by atoms with Crippen molar-refractivity contribution in [2.75, 3.05) is 6.54 Å². The minimum absolute atomic E-state index is 0.152. The molecule has 0 heterocycles. The lowest BCUT2D eigenvalue weighted by Crippen LogP contribution is -2.20. The molecule has 1 nitrogen and oxygen atoms in total. The van der Waals surface area contributed by atoms with Crippen LogP contribution >= 0.6 is 11.6 Å². The number of rotatable bonds is 5. The van der Waals surface area contributed by atoms with Crippen molar-refractivity contribution >= 4 is 11.6 Å². The van der Waals surface area contributed by atoms with Gasteiger partial charge in [0.2, 0.25) is 0 Å². The molecule has 0 aromatic heterocycles. The van der Waals surface area contributed by atoms with Crippen molar-refractivity contribution in [3.8, 4) is 0 Å². The fourth-order valence-corrected chi connectivity index (χ4v) is 2.43. The molecule has 0 saturated heterocycles. The maximum Gasteiger partial charge on any atom is 0.142 e. The number of hydrogen-bond acceptors (Lipinski definition) is 1. The average molecular weight is 268 g/mol. The summed E-state index contributed by atoms with van der Waals surface area (Å²) in [5.74, 6) is -0.346. The highest BCUT2D eigenvalue weighted by molar-refractivity contribution is 6.30. The summed E-state index contributed by atoms with van der Waals surface area (Å²) in [5.41, 5.74) is 2.49. The molecule has 2 rings (SSSR count). The van der Waals surface area contributed by atoms with Gasteiger partial charge in [-0.15, -0.1) is 0 Å². The van der Waals surface area contributed by atoms with Crippen molar-refractivity contribution in [3.05, 3.63) is 46.3 Å². The Morgan fingerprint density at radius 3 is 2.94 bits per heavy atom. The maximum atomic E-state index is 13.3. The smallest absolute Gasteiger partial charge is 0.142 e. The lowest BCUT2D eigenvalue weighted by Gasteiger charge is -2.15. The minimum Gasteiger partial charge on any atom is -0.310 e. The van der Waals surface area contributed by atoms with Gasteiger partial charge in [0.05, 0.1) is 5.02 Å². The first-order valence-corrected chi connectivity index (χ1v) is 6.91. The summed E-state index contributed by atoms with van der Waals surface area (Å²) in [4.78, 5) is 0. The second-order valence-electron chi connectivity index (χ2n) is 4.85. The zero-order valence-electron chi connectivity index (χ0n) is 10.7. The van der Waals surface area contributed by atoms with Gasteiger partial charge in [-0.3, -0.25) is 0 Å². The van der Waals surface area contributed by atoms with E-state index in [2.05, 4.69) is 11.4 Å². The Labute approximate surface area is 113 Å². The zero-order chi connectivity index (χ0) is 13.0. The van der Waals surface area contributed by atoms with Gasteiger partial charge in [0, 0.05) is 6.04 Å². The summed E-state index contributed by atoms with van der Waals surface area (Å²) < 4.78 is 13.3. The van der Waals surface area contributed by atoms with Crippen LogP contribution in [0.5, 0.6) is 0 Å². The molecule has 3 heteroatoms. The third kappa shape index (κ3) is 3.56. The number of hydrogen-bond donors (Lipinski definition) is 1. The zero-order valence-corrected chi connectivity index (χ0v) is 11.4. The Kier molecular flexibility index (Phi) is 4.79. The first-order valence-electron chi connectivity index (χ1n) is 6.53. The SMILES string of the molecule is CC(NCCC1=CCCC1)c1ccc(Cl)c(F)c1. The molecular weight excluding hydrogens is 249 g/mol. The fourth-order valence-electron chi connectivity index (χ4n) is 2.31. The van der Waals surface area contributed by atoms with Gasteiger partial charge in [0.25, 0.3) is 0 Å². The Morgan fingerprint density at radius 2 is 2.28 bits per heavy atom. The van der Waals surface area contributed by atoms with E-state index in [1.165, 1.54) is 25.3 Å². The normalized spacial score (nSPS) is 16.7. The molecule has 1 N–H and O–H groups in total. The van der Waals surface area contributed by atoms with Gasteiger partial charge in [-0.1, -0.05) is 29.3 Å². The summed E-state index contributed by atoms with van der Waals surface area (Å²) in [5, 5.41) is 3.60. The first kappa shape index (κ1) is 13.6. The molecule has 1 atom stereocenters. The van der Waals surface area contributed by atoms with E-state index < -0.39 is 0 Å². The molecule has 98 valence electrons. The first-order chi connectivity index (χ1) is 8.66. The van der Waals surface area contributed by atoms with Crippen LogP contribution in [0.1, 0.15) is 44.2 Å². The van der Waals surface area contributed by atoms with E-state index in [-0.39, 0.29) is 16.9 Å². The van der Waals surface area contributed by atoms with E-state index in [1.807, 2.05) is 13.0 Å².